The third-order valence-corrected chi connectivity index (χ3v) is 4.64. The molecule has 1 fully saturated rings. The summed E-state index contributed by atoms with van der Waals surface area (Å²) in [5, 5.41) is 21.9. The van der Waals surface area contributed by atoms with Gasteiger partial charge in [0, 0.05) is 38.4 Å². The van der Waals surface area contributed by atoms with E-state index in [1.807, 2.05) is 12.1 Å². The van der Waals surface area contributed by atoms with Crippen LogP contribution in [0.15, 0.2) is 41.0 Å². The summed E-state index contributed by atoms with van der Waals surface area (Å²) < 4.78 is 5.17. The predicted molar refractivity (Wildman–Crippen MR) is 99.9 cm³/mol. The highest BCUT2D eigenvalue weighted by atomic mass is 35.5. The summed E-state index contributed by atoms with van der Waals surface area (Å²) in [4.78, 5) is 16.2. The van der Waals surface area contributed by atoms with E-state index in [1.54, 1.807) is 23.1 Å². The standard InChI is InChI=1S/C18H22ClN3O4/c19-15-10-13(20-11-14(24)12-23)3-4-16(15)21-5-7-22(8-6-21)18(25)17-2-1-9-26-17/h1-4,9-10,14,20,23-24H,5-8,11-12H2. The van der Waals surface area contributed by atoms with Gasteiger partial charge >= 0.3 is 0 Å². The zero-order chi connectivity index (χ0) is 18.5. The summed E-state index contributed by atoms with van der Waals surface area (Å²) >= 11 is 6.40. The van der Waals surface area contributed by atoms with E-state index in [-0.39, 0.29) is 19.1 Å². The van der Waals surface area contributed by atoms with E-state index >= 15 is 0 Å². The Morgan fingerprint density at radius 3 is 2.65 bits per heavy atom. The number of carbonyl (C=O) groups excluding carboxylic acids is 1. The summed E-state index contributed by atoms with van der Waals surface area (Å²) in [6, 6.07) is 8.97. The molecule has 0 spiro atoms. The molecule has 3 rings (SSSR count). The number of piperazine rings is 1. The number of anilines is 2. The molecule has 1 aromatic carbocycles. The van der Waals surface area contributed by atoms with Crippen LogP contribution in [0.2, 0.25) is 5.02 Å². The fraction of sp³-hybridized carbons (Fsp3) is 0.389. The molecule has 1 saturated heterocycles. The number of nitrogens with zero attached hydrogens (tertiary/aromatic N) is 2. The van der Waals surface area contributed by atoms with E-state index in [1.165, 1.54) is 6.26 Å². The van der Waals surface area contributed by atoms with Crippen molar-refractivity contribution in [3.8, 4) is 0 Å². The quantitative estimate of drug-likeness (QED) is 0.707. The minimum atomic E-state index is -0.812. The summed E-state index contributed by atoms with van der Waals surface area (Å²) in [5.41, 5.74) is 1.68. The van der Waals surface area contributed by atoms with Gasteiger partial charge in [0.05, 0.1) is 29.7 Å². The van der Waals surface area contributed by atoms with Crippen LogP contribution >= 0.6 is 11.6 Å². The first-order valence-electron chi connectivity index (χ1n) is 8.48. The molecular formula is C18H22ClN3O4. The fourth-order valence-corrected chi connectivity index (χ4v) is 3.18. The first-order chi connectivity index (χ1) is 12.6. The van der Waals surface area contributed by atoms with Gasteiger partial charge in [-0.25, -0.2) is 0 Å². The number of hydrogen-bond donors (Lipinski definition) is 3. The van der Waals surface area contributed by atoms with Crippen LogP contribution in [0.25, 0.3) is 0 Å². The molecule has 2 aromatic rings. The maximum absolute atomic E-state index is 12.3. The molecule has 0 saturated carbocycles. The van der Waals surface area contributed by atoms with E-state index in [0.717, 1.165) is 11.4 Å². The number of furan rings is 1. The van der Waals surface area contributed by atoms with Crippen molar-refractivity contribution in [1.82, 2.24) is 4.90 Å². The molecule has 0 aliphatic carbocycles. The second kappa shape index (κ2) is 8.44. The zero-order valence-electron chi connectivity index (χ0n) is 14.3. The van der Waals surface area contributed by atoms with Crippen molar-refractivity contribution >= 4 is 28.9 Å². The van der Waals surface area contributed by atoms with Crippen molar-refractivity contribution in [3.05, 3.63) is 47.4 Å². The third-order valence-electron chi connectivity index (χ3n) is 4.34. The van der Waals surface area contributed by atoms with Gasteiger partial charge in [0.2, 0.25) is 0 Å². The monoisotopic (exact) mass is 379 g/mol. The SMILES string of the molecule is O=C(c1ccco1)N1CCN(c2ccc(NCC(O)CO)cc2Cl)CC1. The van der Waals surface area contributed by atoms with E-state index in [9.17, 15) is 9.90 Å². The summed E-state index contributed by atoms with van der Waals surface area (Å²) in [7, 11) is 0. The van der Waals surface area contributed by atoms with Crippen molar-refractivity contribution < 1.29 is 19.4 Å². The lowest BCUT2D eigenvalue weighted by atomic mass is 10.2. The van der Waals surface area contributed by atoms with Crippen molar-refractivity contribution in [3.63, 3.8) is 0 Å². The number of nitrogens with one attached hydrogen (secondary N) is 1. The maximum Gasteiger partial charge on any atom is 0.289 e. The normalized spacial score (nSPS) is 15.8. The molecule has 7 nitrogen and oxygen atoms in total. The smallest absolute Gasteiger partial charge is 0.289 e. The molecule has 1 aromatic heterocycles. The van der Waals surface area contributed by atoms with E-state index in [4.69, 9.17) is 21.1 Å². The number of hydrogen-bond acceptors (Lipinski definition) is 6. The molecule has 140 valence electrons. The van der Waals surface area contributed by atoms with Gasteiger partial charge in [-0.3, -0.25) is 4.79 Å². The van der Waals surface area contributed by atoms with Crippen LogP contribution in [-0.4, -0.2) is 66.5 Å². The summed E-state index contributed by atoms with van der Waals surface area (Å²) in [5.74, 6) is 0.264. The topological polar surface area (TPSA) is 89.2 Å². The number of halogens is 1. The number of amides is 1. The van der Waals surface area contributed by atoms with Crippen LogP contribution in [0, 0.1) is 0 Å². The second-order valence-corrected chi connectivity index (χ2v) is 6.55. The maximum atomic E-state index is 12.3. The van der Waals surface area contributed by atoms with Crippen molar-refractivity contribution in [1.29, 1.82) is 0 Å². The Kier molecular flexibility index (Phi) is 6.03. The number of rotatable bonds is 6. The first kappa shape index (κ1) is 18.6. The van der Waals surface area contributed by atoms with Crippen molar-refractivity contribution in [2.75, 3.05) is 49.5 Å². The molecule has 3 N–H and O–H groups in total. The Hall–Kier alpha value is -2.22. The molecule has 26 heavy (non-hydrogen) atoms. The van der Waals surface area contributed by atoms with E-state index in [0.29, 0.717) is 37.0 Å². The van der Waals surface area contributed by atoms with Crippen LogP contribution in [0.4, 0.5) is 11.4 Å². The van der Waals surface area contributed by atoms with Crippen LogP contribution in [0.3, 0.4) is 0 Å². The van der Waals surface area contributed by atoms with Gasteiger partial charge in [-0.05, 0) is 30.3 Å². The molecule has 1 aliphatic rings. The van der Waals surface area contributed by atoms with Gasteiger partial charge in [-0.15, -0.1) is 0 Å². The van der Waals surface area contributed by atoms with Gasteiger partial charge in [-0.2, -0.15) is 0 Å². The molecule has 1 amide bonds. The number of carbonyl (C=O) groups is 1. The fourth-order valence-electron chi connectivity index (χ4n) is 2.88. The average molecular weight is 380 g/mol. The van der Waals surface area contributed by atoms with Crippen LogP contribution in [0.1, 0.15) is 10.6 Å². The second-order valence-electron chi connectivity index (χ2n) is 6.14. The highest BCUT2D eigenvalue weighted by molar-refractivity contribution is 6.33. The minimum Gasteiger partial charge on any atom is -0.459 e. The lowest BCUT2D eigenvalue weighted by Crippen LogP contribution is -2.48. The third kappa shape index (κ3) is 4.30. The molecule has 1 aliphatic heterocycles. The minimum absolute atomic E-state index is 0.0947. The van der Waals surface area contributed by atoms with Crippen LogP contribution in [0.5, 0.6) is 0 Å². The van der Waals surface area contributed by atoms with E-state index < -0.39 is 6.10 Å². The zero-order valence-corrected chi connectivity index (χ0v) is 15.0. The molecule has 1 atom stereocenters. The van der Waals surface area contributed by atoms with Crippen LogP contribution < -0.4 is 10.2 Å². The van der Waals surface area contributed by atoms with Crippen LogP contribution in [-0.2, 0) is 0 Å². The molecule has 2 heterocycles. The molecule has 1 unspecified atom stereocenters. The predicted octanol–water partition coefficient (Wildman–Crippen LogP) is 1.66. The van der Waals surface area contributed by atoms with E-state index in [2.05, 4.69) is 10.2 Å². The first-order valence-corrected chi connectivity index (χ1v) is 8.86. The average Bonchev–Trinajstić information content (AvgIpc) is 3.20. The molecular weight excluding hydrogens is 358 g/mol. The summed E-state index contributed by atoms with van der Waals surface area (Å²) in [6.45, 7) is 2.51. The molecule has 0 radical (unpaired) electrons. The largest absolute Gasteiger partial charge is 0.459 e. The Morgan fingerprint density at radius 1 is 1.27 bits per heavy atom. The summed E-state index contributed by atoms with van der Waals surface area (Å²) in [6.07, 6.45) is 0.687. The Labute approximate surface area is 156 Å². The highest BCUT2D eigenvalue weighted by Crippen LogP contribution is 2.29. The highest BCUT2D eigenvalue weighted by Gasteiger charge is 2.24. The van der Waals surface area contributed by atoms with Crippen molar-refractivity contribution in [2.45, 2.75) is 6.10 Å². The number of benzene rings is 1. The lowest BCUT2D eigenvalue weighted by molar-refractivity contribution is 0.0714. The number of aliphatic hydroxyl groups excluding tert-OH is 2. The van der Waals surface area contributed by atoms with Gasteiger partial charge in [0.25, 0.3) is 5.91 Å². The van der Waals surface area contributed by atoms with Gasteiger partial charge in [-0.1, -0.05) is 11.6 Å². The Bertz CT molecular complexity index is 730. The Morgan fingerprint density at radius 2 is 2.04 bits per heavy atom. The van der Waals surface area contributed by atoms with Gasteiger partial charge < -0.3 is 29.7 Å². The van der Waals surface area contributed by atoms with Gasteiger partial charge in [0.1, 0.15) is 0 Å². The molecule has 8 heteroatoms. The molecule has 0 bridgehead atoms. The number of aliphatic hydroxyl groups is 2. The Balaban J connectivity index is 1.58. The lowest BCUT2D eigenvalue weighted by Gasteiger charge is -2.36. The van der Waals surface area contributed by atoms with Gasteiger partial charge in [0.15, 0.2) is 5.76 Å². The van der Waals surface area contributed by atoms with Crippen molar-refractivity contribution in [2.24, 2.45) is 0 Å².